The van der Waals surface area contributed by atoms with E-state index in [0.29, 0.717) is 16.3 Å². The van der Waals surface area contributed by atoms with Crippen LogP contribution in [0.15, 0.2) is 36.4 Å². The summed E-state index contributed by atoms with van der Waals surface area (Å²) in [5.41, 5.74) is 0.707. The molecular formula is C19H16Cl2N2O6. The van der Waals surface area contributed by atoms with Crippen molar-refractivity contribution in [1.29, 1.82) is 0 Å². The zero-order valence-electron chi connectivity index (χ0n) is 15.2. The highest BCUT2D eigenvalue weighted by Gasteiger charge is 2.17. The quantitative estimate of drug-likeness (QED) is 0.283. The summed E-state index contributed by atoms with van der Waals surface area (Å²) >= 11 is 11.6. The standard InChI is InChI=1S/C19H16Cl2N2O6/c1-11-2-3-12(8-16(11)23(27)28)17(24)10-29-19(26)7-6-18(25)22-13-4-5-14(20)15(21)9-13/h2-5,8-9H,6-7,10H2,1H3,(H,22,25). The molecule has 0 spiro atoms. The van der Waals surface area contributed by atoms with Crippen molar-refractivity contribution in [2.45, 2.75) is 19.8 Å². The number of hydrogen-bond acceptors (Lipinski definition) is 6. The summed E-state index contributed by atoms with van der Waals surface area (Å²) in [6, 6.07) is 8.55. The number of hydrogen-bond donors (Lipinski definition) is 1. The van der Waals surface area contributed by atoms with Crippen LogP contribution in [-0.4, -0.2) is 29.2 Å². The van der Waals surface area contributed by atoms with Gasteiger partial charge in [0, 0.05) is 29.3 Å². The summed E-state index contributed by atoms with van der Waals surface area (Å²) in [5, 5.41) is 14.1. The van der Waals surface area contributed by atoms with Gasteiger partial charge in [-0.25, -0.2) is 0 Å². The molecule has 29 heavy (non-hydrogen) atoms. The van der Waals surface area contributed by atoms with Gasteiger partial charge in [-0.05, 0) is 25.1 Å². The number of nitrogens with zero attached hydrogens (tertiary/aromatic N) is 1. The van der Waals surface area contributed by atoms with E-state index >= 15 is 0 Å². The lowest BCUT2D eigenvalue weighted by Crippen LogP contribution is -2.17. The number of nitro groups is 1. The Bertz CT molecular complexity index is 977. The van der Waals surface area contributed by atoms with Crippen LogP contribution in [0.2, 0.25) is 10.0 Å². The highest BCUT2D eigenvalue weighted by Crippen LogP contribution is 2.25. The number of nitrogens with one attached hydrogen (secondary N) is 1. The van der Waals surface area contributed by atoms with Crippen molar-refractivity contribution < 1.29 is 24.0 Å². The minimum absolute atomic E-state index is 0.0625. The molecule has 8 nitrogen and oxygen atoms in total. The molecule has 0 unspecified atom stereocenters. The van der Waals surface area contributed by atoms with Crippen LogP contribution in [0.3, 0.4) is 0 Å². The third-order valence-corrected chi connectivity index (χ3v) is 4.59. The van der Waals surface area contributed by atoms with Crippen molar-refractivity contribution in [3.8, 4) is 0 Å². The van der Waals surface area contributed by atoms with Gasteiger partial charge in [0.25, 0.3) is 5.69 Å². The van der Waals surface area contributed by atoms with Crippen LogP contribution >= 0.6 is 23.2 Å². The first-order valence-electron chi connectivity index (χ1n) is 8.36. The van der Waals surface area contributed by atoms with Gasteiger partial charge in [0.1, 0.15) is 0 Å². The number of aryl methyl sites for hydroxylation is 1. The van der Waals surface area contributed by atoms with Crippen LogP contribution in [0.25, 0.3) is 0 Å². The van der Waals surface area contributed by atoms with Gasteiger partial charge in [0.05, 0.1) is 21.4 Å². The fraction of sp³-hybridized carbons (Fsp3) is 0.211. The van der Waals surface area contributed by atoms with Crippen LogP contribution < -0.4 is 5.32 Å². The zero-order chi connectivity index (χ0) is 21.6. The molecular weight excluding hydrogens is 423 g/mol. The number of carbonyl (C=O) groups is 3. The second-order valence-corrected chi connectivity index (χ2v) is 6.83. The molecule has 0 heterocycles. The van der Waals surface area contributed by atoms with Gasteiger partial charge in [-0.1, -0.05) is 35.3 Å². The number of benzene rings is 2. The number of anilines is 1. The smallest absolute Gasteiger partial charge is 0.306 e. The van der Waals surface area contributed by atoms with Crippen molar-refractivity contribution in [1.82, 2.24) is 0 Å². The lowest BCUT2D eigenvalue weighted by atomic mass is 10.1. The van der Waals surface area contributed by atoms with Gasteiger partial charge in [0.2, 0.25) is 11.7 Å². The van der Waals surface area contributed by atoms with Gasteiger partial charge in [-0.2, -0.15) is 0 Å². The zero-order valence-corrected chi connectivity index (χ0v) is 16.7. The summed E-state index contributed by atoms with van der Waals surface area (Å²) in [4.78, 5) is 46.1. The van der Waals surface area contributed by atoms with Crippen LogP contribution in [0.4, 0.5) is 11.4 Å². The second-order valence-electron chi connectivity index (χ2n) is 6.02. The van der Waals surface area contributed by atoms with Gasteiger partial charge in [-0.15, -0.1) is 0 Å². The summed E-state index contributed by atoms with van der Waals surface area (Å²) in [6.07, 6.45) is -0.405. The van der Waals surface area contributed by atoms with E-state index in [0.717, 1.165) is 6.07 Å². The highest BCUT2D eigenvalue weighted by atomic mass is 35.5. The molecule has 1 N–H and O–H groups in total. The van der Waals surface area contributed by atoms with Crippen molar-refractivity contribution in [3.05, 3.63) is 67.7 Å². The van der Waals surface area contributed by atoms with Crippen molar-refractivity contribution >= 4 is 52.2 Å². The fourth-order valence-corrected chi connectivity index (χ4v) is 2.59. The number of amides is 1. The number of ketones is 1. The van der Waals surface area contributed by atoms with E-state index in [-0.39, 0.29) is 29.1 Å². The maximum atomic E-state index is 12.1. The third-order valence-electron chi connectivity index (χ3n) is 3.85. The second kappa shape index (κ2) is 9.99. The fourth-order valence-electron chi connectivity index (χ4n) is 2.29. The van der Waals surface area contributed by atoms with Gasteiger partial charge >= 0.3 is 5.97 Å². The molecule has 0 aliphatic heterocycles. The monoisotopic (exact) mass is 438 g/mol. The Balaban J connectivity index is 1.81. The van der Waals surface area contributed by atoms with E-state index in [1.54, 1.807) is 13.0 Å². The van der Waals surface area contributed by atoms with Crippen LogP contribution in [0.5, 0.6) is 0 Å². The number of rotatable bonds is 8. The lowest BCUT2D eigenvalue weighted by Gasteiger charge is -2.07. The van der Waals surface area contributed by atoms with Crippen LogP contribution in [0, 0.1) is 17.0 Å². The van der Waals surface area contributed by atoms with Crippen LogP contribution in [0.1, 0.15) is 28.8 Å². The van der Waals surface area contributed by atoms with E-state index in [4.69, 9.17) is 27.9 Å². The average molecular weight is 439 g/mol. The molecule has 2 rings (SSSR count). The highest BCUT2D eigenvalue weighted by molar-refractivity contribution is 6.42. The largest absolute Gasteiger partial charge is 0.457 e. The molecule has 0 fully saturated rings. The molecule has 10 heteroatoms. The Kier molecular flexibility index (Phi) is 7.69. The van der Waals surface area contributed by atoms with E-state index in [2.05, 4.69) is 5.32 Å². The summed E-state index contributed by atoms with van der Waals surface area (Å²) in [6.45, 7) is 0.975. The molecule has 0 atom stereocenters. The molecule has 0 bridgehead atoms. The molecule has 0 radical (unpaired) electrons. The Morgan fingerprint density at radius 1 is 1.07 bits per heavy atom. The van der Waals surface area contributed by atoms with E-state index in [1.165, 1.54) is 24.3 Å². The molecule has 0 saturated heterocycles. The maximum Gasteiger partial charge on any atom is 0.306 e. The van der Waals surface area contributed by atoms with Gasteiger partial charge < -0.3 is 10.1 Å². The van der Waals surface area contributed by atoms with E-state index < -0.39 is 29.2 Å². The van der Waals surface area contributed by atoms with Gasteiger partial charge in [-0.3, -0.25) is 24.5 Å². The topological polar surface area (TPSA) is 116 Å². The number of esters is 1. The van der Waals surface area contributed by atoms with Crippen LogP contribution in [-0.2, 0) is 14.3 Å². The summed E-state index contributed by atoms with van der Waals surface area (Å²) in [7, 11) is 0. The average Bonchev–Trinajstić information content (AvgIpc) is 2.67. The van der Waals surface area contributed by atoms with Crippen molar-refractivity contribution in [3.63, 3.8) is 0 Å². The number of ether oxygens (including phenoxy) is 1. The Morgan fingerprint density at radius 2 is 1.79 bits per heavy atom. The first-order valence-corrected chi connectivity index (χ1v) is 9.11. The van der Waals surface area contributed by atoms with Gasteiger partial charge in [0.15, 0.2) is 6.61 Å². The lowest BCUT2D eigenvalue weighted by molar-refractivity contribution is -0.385. The predicted molar refractivity (Wildman–Crippen MR) is 107 cm³/mol. The molecule has 0 aliphatic rings. The molecule has 2 aromatic carbocycles. The van der Waals surface area contributed by atoms with Crippen molar-refractivity contribution in [2.75, 3.05) is 11.9 Å². The minimum Gasteiger partial charge on any atom is -0.457 e. The number of halogens is 2. The van der Waals surface area contributed by atoms with Crippen molar-refractivity contribution in [2.24, 2.45) is 0 Å². The Labute approximate surface area is 175 Å². The molecule has 152 valence electrons. The number of nitro benzene ring substituents is 1. The van der Waals surface area contributed by atoms with E-state index in [9.17, 15) is 24.5 Å². The van der Waals surface area contributed by atoms with E-state index in [1.807, 2.05) is 0 Å². The molecule has 0 aromatic heterocycles. The molecule has 0 aliphatic carbocycles. The predicted octanol–water partition coefficient (Wildman–Crippen LogP) is 4.35. The summed E-state index contributed by atoms with van der Waals surface area (Å²) < 4.78 is 4.85. The summed E-state index contributed by atoms with van der Waals surface area (Å²) in [5.74, 6) is -1.77. The number of carbonyl (C=O) groups excluding carboxylic acids is 3. The molecule has 2 aromatic rings. The first-order chi connectivity index (χ1) is 13.7. The first kappa shape index (κ1) is 22.3. The molecule has 0 saturated carbocycles. The maximum absolute atomic E-state index is 12.1. The minimum atomic E-state index is -0.746. The Hall–Kier alpha value is -2.97. The SMILES string of the molecule is Cc1ccc(C(=O)COC(=O)CCC(=O)Nc2ccc(Cl)c(Cl)c2)cc1[N+](=O)[O-]. The Morgan fingerprint density at radius 3 is 2.45 bits per heavy atom. The molecule has 1 amide bonds. The number of Topliss-reactive ketones (excluding diaryl/α,β-unsaturated/α-hetero) is 1. The normalized spacial score (nSPS) is 10.3. The third kappa shape index (κ3) is 6.55.